The average molecular weight is 385 g/mol. The summed E-state index contributed by atoms with van der Waals surface area (Å²) < 4.78 is 10.2. The minimum atomic E-state index is -0.573. The molecule has 0 aliphatic heterocycles. The van der Waals surface area contributed by atoms with E-state index in [9.17, 15) is 14.4 Å². The molecule has 0 spiro atoms. The number of ether oxygens (including phenoxy) is 2. The number of amides is 3. The zero-order valence-electron chi connectivity index (χ0n) is 16.0. The normalized spacial score (nSPS) is 9.96. The molecule has 0 aliphatic carbocycles. The van der Waals surface area contributed by atoms with Gasteiger partial charge in [-0.3, -0.25) is 25.8 Å². The number of aryl methyl sites for hydroxylation is 2. The number of carbonyl (C=O) groups is 3. The van der Waals surface area contributed by atoms with E-state index >= 15 is 0 Å². The Balaban J connectivity index is 1.79. The van der Waals surface area contributed by atoms with Gasteiger partial charge in [-0.25, -0.2) is 4.79 Å². The van der Waals surface area contributed by atoms with Gasteiger partial charge in [0.15, 0.2) is 6.61 Å². The topological polar surface area (TPSA) is 106 Å². The lowest BCUT2D eigenvalue weighted by molar-refractivity contribution is -0.123. The van der Waals surface area contributed by atoms with E-state index in [0.29, 0.717) is 17.0 Å². The van der Waals surface area contributed by atoms with E-state index in [1.807, 2.05) is 32.0 Å². The third-order valence-corrected chi connectivity index (χ3v) is 3.55. The third kappa shape index (κ3) is 6.64. The number of rotatable bonds is 6. The highest BCUT2D eigenvalue weighted by Gasteiger charge is 2.09. The molecule has 0 aliphatic rings. The van der Waals surface area contributed by atoms with Crippen molar-refractivity contribution in [3.63, 3.8) is 0 Å². The van der Waals surface area contributed by atoms with E-state index in [1.54, 1.807) is 19.1 Å². The van der Waals surface area contributed by atoms with E-state index in [4.69, 9.17) is 9.47 Å². The Morgan fingerprint density at radius 2 is 1.57 bits per heavy atom. The zero-order valence-corrected chi connectivity index (χ0v) is 16.0. The molecule has 0 heterocycles. The van der Waals surface area contributed by atoms with Gasteiger partial charge < -0.3 is 9.47 Å². The minimum absolute atomic E-state index is 0.231. The summed E-state index contributed by atoms with van der Waals surface area (Å²) in [7, 11) is 0. The quantitative estimate of drug-likeness (QED) is 0.663. The highest BCUT2D eigenvalue weighted by atomic mass is 16.5. The molecule has 28 heavy (non-hydrogen) atoms. The Morgan fingerprint density at radius 1 is 0.929 bits per heavy atom. The second-order valence-electron chi connectivity index (χ2n) is 6.04. The van der Waals surface area contributed by atoms with E-state index in [1.165, 1.54) is 12.1 Å². The Morgan fingerprint density at radius 3 is 2.18 bits per heavy atom. The van der Waals surface area contributed by atoms with Crippen molar-refractivity contribution in [3.8, 4) is 5.75 Å². The smallest absolute Gasteiger partial charge is 0.411 e. The van der Waals surface area contributed by atoms with Crippen LogP contribution in [0.15, 0.2) is 42.5 Å². The van der Waals surface area contributed by atoms with Crippen LogP contribution >= 0.6 is 0 Å². The maximum atomic E-state index is 12.1. The van der Waals surface area contributed by atoms with Crippen LogP contribution < -0.4 is 20.9 Å². The molecule has 2 aromatic carbocycles. The summed E-state index contributed by atoms with van der Waals surface area (Å²) in [6, 6.07) is 11.8. The number of hydrogen-bond acceptors (Lipinski definition) is 5. The fourth-order valence-electron chi connectivity index (χ4n) is 2.39. The summed E-state index contributed by atoms with van der Waals surface area (Å²) in [4.78, 5) is 35.3. The van der Waals surface area contributed by atoms with Crippen molar-refractivity contribution >= 4 is 23.6 Å². The van der Waals surface area contributed by atoms with E-state index in [-0.39, 0.29) is 13.2 Å². The molecule has 0 atom stereocenters. The van der Waals surface area contributed by atoms with E-state index in [0.717, 1.165) is 11.1 Å². The summed E-state index contributed by atoms with van der Waals surface area (Å²) in [6.07, 6.45) is -0.573. The van der Waals surface area contributed by atoms with Crippen molar-refractivity contribution < 1.29 is 23.9 Å². The van der Waals surface area contributed by atoms with E-state index in [2.05, 4.69) is 16.2 Å². The summed E-state index contributed by atoms with van der Waals surface area (Å²) in [5.41, 5.74) is 7.46. The Hall–Kier alpha value is -3.55. The minimum Gasteiger partial charge on any atom is -0.484 e. The lowest BCUT2D eigenvalue weighted by Crippen LogP contribution is -2.43. The maximum absolute atomic E-state index is 12.1. The van der Waals surface area contributed by atoms with Gasteiger partial charge in [-0.2, -0.15) is 0 Å². The first-order valence-corrected chi connectivity index (χ1v) is 8.71. The standard InChI is InChI=1S/C20H23N3O5/c1-4-27-20(26)21-16-7-5-15(6-8-16)19(25)23-22-18(24)12-28-17-10-13(2)9-14(3)11-17/h5-11H,4,12H2,1-3H3,(H,21,26)(H,22,24)(H,23,25). The predicted molar refractivity (Wildman–Crippen MR) is 104 cm³/mol. The van der Waals surface area contributed by atoms with Gasteiger partial charge in [0.1, 0.15) is 5.75 Å². The zero-order chi connectivity index (χ0) is 20.5. The van der Waals surface area contributed by atoms with Gasteiger partial charge in [-0.15, -0.1) is 0 Å². The molecule has 0 unspecified atom stereocenters. The summed E-state index contributed by atoms with van der Waals surface area (Å²) in [5.74, 6) is -0.404. The molecule has 0 saturated heterocycles. The molecule has 0 bridgehead atoms. The van der Waals surface area contributed by atoms with Crippen LogP contribution in [0.5, 0.6) is 5.75 Å². The monoisotopic (exact) mass is 385 g/mol. The number of benzene rings is 2. The van der Waals surface area contributed by atoms with Crippen LogP contribution in [-0.4, -0.2) is 31.1 Å². The van der Waals surface area contributed by atoms with Crippen LogP contribution in [0.1, 0.15) is 28.4 Å². The Bertz CT molecular complexity index is 829. The highest BCUT2D eigenvalue weighted by molar-refractivity contribution is 5.96. The van der Waals surface area contributed by atoms with Crippen molar-refractivity contribution in [1.29, 1.82) is 0 Å². The highest BCUT2D eigenvalue weighted by Crippen LogP contribution is 2.16. The number of carbonyl (C=O) groups excluding carboxylic acids is 3. The molecule has 8 nitrogen and oxygen atoms in total. The summed E-state index contributed by atoms with van der Waals surface area (Å²) >= 11 is 0. The van der Waals surface area contributed by atoms with Gasteiger partial charge in [-0.1, -0.05) is 6.07 Å². The van der Waals surface area contributed by atoms with Crippen LogP contribution in [0.2, 0.25) is 0 Å². The molecule has 0 radical (unpaired) electrons. The van der Waals surface area contributed by atoms with Crippen LogP contribution in [0.4, 0.5) is 10.5 Å². The van der Waals surface area contributed by atoms with Crippen LogP contribution in [-0.2, 0) is 9.53 Å². The van der Waals surface area contributed by atoms with Gasteiger partial charge in [0.05, 0.1) is 6.61 Å². The number of anilines is 1. The van der Waals surface area contributed by atoms with Gasteiger partial charge in [-0.05, 0) is 68.3 Å². The molecule has 3 amide bonds. The van der Waals surface area contributed by atoms with Crippen LogP contribution in [0, 0.1) is 13.8 Å². The third-order valence-electron chi connectivity index (χ3n) is 3.55. The Labute approximate surface area is 163 Å². The molecular formula is C20H23N3O5. The maximum Gasteiger partial charge on any atom is 0.411 e. The Kier molecular flexibility index (Phi) is 7.38. The molecule has 0 saturated carbocycles. The molecule has 0 fully saturated rings. The largest absolute Gasteiger partial charge is 0.484 e. The first-order valence-electron chi connectivity index (χ1n) is 8.71. The molecular weight excluding hydrogens is 362 g/mol. The summed E-state index contributed by atoms with van der Waals surface area (Å²) in [6.45, 7) is 5.61. The fourth-order valence-corrected chi connectivity index (χ4v) is 2.39. The number of hydrazine groups is 1. The second-order valence-corrected chi connectivity index (χ2v) is 6.04. The van der Waals surface area contributed by atoms with Gasteiger partial charge >= 0.3 is 6.09 Å². The van der Waals surface area contributed by atoms with Crippen molar-refractivity contribution in [3.05, 3.63) is 59.2 Å². The van der Waals surface area contributed by atoms with E-state index < -0.39 is 17.9 Å². The van der Waals surface area contributed by atoms with Crippen LogP contribution in [0.3, 0.4) is 0 Å². The summed E-state index contributed by atoms with van der Waals surface area (Å²) in [5, 5.41) is 2.52. The second kappa shape index (κ2) is 9.96. The van der Waals surface area contributed by atoms with Gasteiger partial charge in [0.2, 0.25) is 0 Å². The predicted octanol–water partition coefficient (Wildman–Crippen LogP) is 2.71. The number of nitrogens with one attached hydrogen (secondary N) is 3. The van der Waals surface area contributed by atoms with Gasteiger partial charge in [0.25, 0.3) is 11.8 Å². The van der Waals surface area contributed by atoms with Crippen molar-refractivity contribution in [2.24, 2.45) is 0 Å². The van der Waals surface area contributed by atoms with Crippen molar-refractivity contribution in [2.75, 3.05) is 18.5 Å². The van der Waals surface area contributed by atoms with Crippen LogP contribution in [0.25, 0.3) is 0 Å². The lowest BCUT2D eigenvalue weighted by atomic mass is 10.1. The molecule has 2 rings (SSSR count). The fraction of sp³-hybridized carbons (Fsp3) is 0.250. The lowest BCUT2D eigenvalue weighted by Gasteiger charge is -2.10. The first kappa shape index (κ1) is 20.8. The van der Waals surface area contributed by atoms with Crippen molar-refractivity contribution in [2.45, 2.75) is 20.8 Å². The molecule has 148 valence electrons. The molecule has 2 aromatic rings. The molecule has 3 N–H and O–H groups in total. The average Bonchev–Trinajstić information content (AvgIpc) is 2.64. The number of hydrogen-bond donors (Lipinski definition) is 3. The first-order chi connectivity index (χ1) is 13.4. The van der Waals surface area contributed by atoms with Gasteiger partial charge in [0, 0.05) is 11.3 Å². The SMILES string of the molecule is CCOC(=O)Nc1ccc(C(=O)NNC(=O)COc2cc(C)cc(C)c2)cc1. The van der Waals surface area contributed by atoms with Crippen molar-refractivity contribution in [1.82, 2.24) is 10.9 Å². The molecule has 8 heteroatoms. The molecule has 0 aromatic heterocycles.